The molecule has 3 aromatic rings. The number of hydrogen-bond acceptors (Lipinski definition) is 6. The van der Waals surface area contributed by atoms with E-state index in [2.05, 4.69) is 5.32 Å². The minimum absolute atomic E-state index is 0.0140. The lowest BCUT2D eigenvalue weighted by Gasteiger charge is -2.33. The Labute approximate surface area is 249 Å². The van der Waals surface area contributed by atoms with E-state index in [-0.39, 0.29) is 28.8 Å². The summed E-state index contributed by atoms with van der Waals surface area (Å²) in [6.45, 7) is 8.72. The fourth-order valence-electron chi connectivity index (χ4n) is 4.39. The second kappa shape index (κ2) is 13.7. The first kappa shape index (κ1) is 32.5. The van der Waals surface area contributed by atoms with Gasteiger partial charge in [0, 0.05) is 18.2 Å². The zero-order valence-electron chi connectivity index (χ0n) is 25.4. The molecule has 0 bridgehead atoms. The molecule has 0 spiro atoms. The Morgan fingerprint density at radius 2 is 1.57 bits per heavy atom. The minimum Gasteiger partial charge on any atom is -0.497 e. The van der Waals surface area contributed by atoms with E-state index in [1.807, 2.05) is 58.0 Å². The van der Waals surface area contributed by atoms with Crippen LogP contribution in [0.5, 0.6) is 11.5 Å². The van der Waals surface area contributed by atoms with Crippen molar-refractivity contribution in [2.75, 3.05) is 31.6 Å². The van der Waals surface area contributed by atoms with Gasteiger partial charge in [0.25, 0.3) is 10.0 Å². The highest BCUT2D eigenvalue weighted by Gasteiger charge is 2.34. The largest absolute Gasteiger partial charge is 0.497 e. The number of hydrogen-bond donors (Lipinski definition) is 1. The highest BCUT2D eigenvalue weighted by Crippen LogP contribution is 2.36. The number of carbonyl (C=O) groups excluding carboxylic acids is 2. The number of nitrogens with one attached hydrogen (secondary N) is 1. The Morgan fingerprint density at radius 1 is 0.929 bits per heavy atom. The van der Waals surface area contributed by atoms with Gasteiger partial charge in [0.15, 0.2) is 0 Å². The number of methoxy groups -OCH3 is 2. The zero-order valence-corrected chi connectivity index (χ0v) is 26.2. The van der Waals surface area contributed by atoms with Gasteiger partial charge in [-0.15, -0.1) is 0 Å². The molecular formula is C32H41N3O6S. The summed E-state index contributed by atoms with van der Waals surface area (Å²) in [5, 5.41) is 2.93. The van der Waals surface area contributed by atoms with Crippen molar-refractivity contribution in [3.05, 3.63) is 83.9 Å². The monoisotopic (exact) mass is 595 g/mol. The fraction of sp³-hybridized carbons (Fsp3) is 0.375. The van der Waals surface area contributed by atoms with Crippen LogP contribution in [0.4, 0.5) is 5.69 Å². The van der Waals surface area contributed by atoms with Crippen molar-refractivity contribution in [2.24, 2.45) is 0 Å². The lowest BCUT2D eigenvalue weighted by molar-refractivity contribution is -0.139. The van der Waals surface area contributed by atoms with Gasteiger partial charge in [0.1, 0.15) is 24.1 Å². The first-order valence-electron chi connectivity index (χ1n) is 13.7. The van der Waals surface area contributed by atoms with E-state index < -0.39 is 34.1 Å². The van der Waals surface area contributed by atoms with Crippen LogP contribution in [-0.2, 0) is 26.0 Å². The van der Waals surface area contributed by atoms with E-state index in [9.17, 15) is 18.0 Å². The molecule has 3 rings (SSSR count). The normalized spacial score (nSPS) is 12.3. The number of nitrogens with zero attached hydrogens (tertiary/aromatic N) is 2. The maximum absolute atomic E-state index is 14.1. The van der Waals surface area contributed by atoms with E-state index in [0.717, 1.165) is 15.4 Å². The summed E-state index contributed by atoms with van der Waals surface area (Å²) in [6, 6.07) is 19.9. The average molecular weight is 596 g/mol. The van der Waals surface area contributed by atoms with Crippen molar-refractivity contribution in [2.45, 2.75) is 57.5 Å². The summed E-state index contributed by atoms with van der Waals surface area (Å²) in [6.07, 6.45) is 0.479. The molecule has 0 heterocycles. The number of sulfonamides is 1. The van der Waals surface area contributed by atoms with Crippen LogP contribution in [0.15, 0.2) is 77.7 Å². The van der Waals surface area contributed by atoms with Crippen LogP contribution < -0.4 is 19.1 Å². The van der Waals surface area contributed by atoms with E-state index in [1.54, 1.807) is 31.2 Å². The highest BCUT2D eigenvalue weighted by atomic mass is 32.2. The van der Waals surface area contributed by atoms with Crippen LogP contribution in [-0.4, -0.2) is 64.0 Å². The van der Waals surface area contributed by atoms with Crippen molar-refractivity contribution in [1.29, 1.82) is 0 Å². The summed E-state index contributed by atoms with van der Waals surface area (Å²) >= 11 is 0. The molecule has 0 aliphatic heterocycles. The Kier molecular flexibility index (Phi) is 10.6. The number of rotatable bonds is 12. The molecule has 0 radical (unpaired) electrons. The summed E-state index contributed by atoms with van der Waals surface area (Å²) < 4.78 is 40.1. The lowest BCUT2D eigenvalue weighted by Crippen LogP contribution is -2.55. The molecule has 0 unspecified atom stereocenters. The molecule has 0 saturated heterocycles. The zero-order chi connectivity index (χ0) is 31.1. The van der Waals surface area contributed by atoms with Gasteiger partial charge in [-0.05, 0) is 70.9 Å². The van der Waals surface area contributed by atoms with Gasteiger partial charge in [-0.2, -0.15) is 0 Å². The van der Waals surface area contributed by atoms with Gasteiger partial charge in [-0.1, -0.05) is 48.0 Å². The number of anilines is 1. The quantitative estimate of drug-likeness (QED) is 0.329. The maximum Gasteiger partial charge on any atom is 0.264 e. The van der Waals surface area contributed by atoms with E-state index >= 15 is 0 Å². The molecule has 9 nitrogen and oxygen atoms in total. The molecule has 1 atom stereocenters. The van der Waals surface area contributed by atoms with Crippen LogP contribution in [0.25, 0.3) is 0 Å². The number of benzene rings is 3. The summed E-state index contributed by atoms with van der Waals surface area (Å²) in [7, 11) is -1.36. The summed E-state index contributed by atoms with van der Waals surface area (Å²) in [4.78, 5) is 28.8. The van der Waals surface area contributed by atoms with Crippen LogP contribution >= 0.6 is 0 Å². The number of amides is 2. The van der Waals surface area contributed by atoms with Crippen LogP contribution in [0.1, 0.15) is 38.8 Å². The third kappa shape index (κ3) is 8.25. The van der Waals surface area contributed by atoms with Gasteiger partial charge < -0.3 is 19.7 Å². The topological polar surface area (TPSA) is 105 Å². The Bertz CT molecular complexity index is 1470. The molecule has 3 aromatic carbocycles. The molecule has 0 aliphatic carbocycles. The maximum atomic E-state index is 14.1. The molecule has 0 aromatic heterocycles. The molecule has 42 heavy (non-hydrogen) atoms. The third-order valence-electron chi connectivity index (χ3n) is 6.69. The minimum atomic E-state index is -4.25. The molecule has 0 saturated carbocycles. The van der Waals surface area contributed by atoms with Crippen LogP contribution in [0.3, 0.4) is 0 Å². The predicted octanol–water partition coefficient (Wildman–Crippen LogP) is 4.58. The van der Waals surface area contributed by atoms with Crippen molar-refractivity contribution in [3.63, 3.8) is 0 Å². The number of aryl methyl sites for hydroxylation is 1. The number of ether oxygens (including phenoxy) is 2. The van der Waals surface area contributed by atoms with Gasteiger partial charge in [-0.3, -0.25) is 13.9 Å². The van der Waals surface area contributed by atoms with Crippen LogP contribution in [0.2, 0.25) is 0 Å². The lowest BCUT2D eigenvalue weighted by atomic mass is 10.1. The van der Waals surface area contributed by atoms with Crippen molar-refractivity contribution < 1.29 is 27.5 Å². The Morgan fingerprint density at radius 3 is 2.14 bits per heavy atom. The molecule has 0 aliphatic rings. The fourth-order valence-corrected chi connectivity index (χ4v) is 5.80. The van der Waals surface area contributed by atoms with Crippen molar-refractivity contribution >= 4 is 27.5 Å². The summed E-state index contributed by atoms with van der Waals surface area (Å²) in [5.74, 6) is -0.242. The SMILES string of the molecule is COc1ccc(OC)c(N(CC(=O)N(CCc2ccccc2)[C@H](C)C(=O)NC(C)(C)C)S(=O)(=O)c2ccc(C)cc2)c1. The van der Waals surface area contributed by atoms with E-state index in [0.29, 0.717) is 12.2 Å². The van der Waals surface area contributed by atoms with Gasteiger partial charge in [-0.25, -0.2) is 8.42 Å². The molecular weight excluding hydrogens is 554 g/mol. The highest BCUT2D eigenvalue weighted by molar-refractivity contribution is 7.92. The van der Waals surface area contributed by atoms with Gasteiger partial charge in [0.2, 0.25) is 11.8 Å². The predicted molar refractivity (Wildman–Crippen MR) is 164 cm³/mol. The second-order valence-electron chi connectivity index (χ2n) is 11.1. The Balaban J connectivity index is 2.08. The van der Waals surface area contributed by atoms with E-state index in [4.69, 9.17) is 9.47 Å². The van der Waals surface area contributed by atoms with Crippen molar-refractivity contribution in [1.82, 2.24) is 10.2 Å². The first-order valence-corrected chi connectivity index (χ1v) is 15.2. The van der Waals surface area contributed by atoms with Crippen LogP contribution in [0, 0.1) is 6.92 Å². The first-order chi connectivity index (χ1) is 19.8. The molecule has 2 amide bonds. The smallest absolute Gasteiger partial charge is 0.264 e. The van der Waals surface area contributed by atoms with Gasteiger partial charge >= 0.3 is 0 Å². The van der Waals surface area contributed by atoms with E-state index in [1.165, 1.54) is 37.3 Å². The average Bonchev–Trinajstić information content (AvgIpc) is 2.95. The standard InChI is InChI=1S/C32H41N3O6S/c1-23-13-16-27(17-14-23)42(38,39)35(28-21-26(40-6)15-18-29(28)41-7)22-30(36)34(20-19-25-11-9-8-10-12-25)24(2)31(37)33-32(3,4)5/h8-18,21,24H,19-20,22H2,1-7H3,(H,33,37)/t24-/m1/s1. The van der Waals surface area contributed by atoms with Crippen molar-refractivity contribution in [3.8, 4) is 11.5 Å². The molecule has 10 heteroatoms. The Hall–Kier alpha value is -4.05. The third-order valence-corrected chi connectivity index (χ3v) is 8.47. The van der Waals surface area contributed by atoms with Gasteiger partial charge in [0.05, 0.1) is 24.8 Å². The second-order valence-corrected chi connectivity index (χ2v) is 13.0. The molecule has 1 N–H and O–H groups in total. The number of carbonyl (C=O) groups is 2. The molecule has 226 valence electrons. The summed E-state index contributed by atoms with van der Waals surface area (Å²) in [5.41, 5.74) is 1.49. The molecule has 0 fully saturated rings.